The lowest BCUT2D eigenvalue weighted by Gasteiger charge is -2.14. The SMILES string of the molecule is CCNC(c1cc2c(s1)CCCCC2)c1occc1Br. The third-order valence-electron chi connectivity index (χ3n) is 3.87. The van der Waals surface area contributed by atoms with Crippen molar-refractivity contribution in [2.45, 2.75) is 45.1 Å². The monoisotopic (exact) mass is 353 g/mol. The highest BCUT2D eigenvalue weighted by Gasteiger charge is 2.23. The molecule has 0 saturated heterocycles. The quantitative estimate of drug-likeness (QED) is 0.776. The van der Waals surface area contributed by atoms with Crippen LogP contribution in [-0.4, -0.2) is 6.54 Å². The van der Waals surface area contributed by atoms with Crippen LogP contribution in [0.25, 0.3) is 0 Å². The van der Waals surface area contributed by atoms with Gasteiger partial charge in [-0.3, -0.25) is 0 Å². The largest absolute Gasteiger partial charge is 0.466 e. The van der Waals surface area contributed by atoms with Crippen LogP contribution in [0.1, 0.15) is 53.3 Å². The molecule has 2 nitrogen and oxygen atoms in total. The van der Waals surface area contributed by atoms with Crippen LogP contribution in [-0.2, 0) is 12.8 Å². The first-order valence-corrected chi connectivity index (χ1v) is 8.98. The fourth-order valence-corrected chi connectivity index (χ4v) is 4.63. The van der Waals surface area contributed by atoms with E-state index in [0.717, 1.165) is 16.8 Å². The number of aryl methyl sites for hydroxylation is 2. The van der Waals surface area contributed by atoms with E-state index >= 15 is 0 Å². The summed E-state index contributed by atoms with van der Waals surface area (Å²) in [5.74, 6) is 0.989. The summed E-state index contributed by atoms with van der Waals surface area (Å²) in [6, 6.07) is 4.53. The standard InChI is InChI=1S/C16H20BrNOS/c1-2-18-15(16-12(17)8-9-19-16)14-10-11-6-4-3-5-7-13(11)20-14/h8-10,15,18H,2-7H2,1H3. The van der Waals surface area contributed by atoms with Gasteiger partial charge in [0.2, 0.25) is 0 Å². The highest BCUT2D eigenvalue weighted by atomic mass is 79.9. The predicted molar refractivity (Wildman–Crippen MR) is 87.5 cm³/mol. The minimum absolute atomic E-state index is 0.168. The molecule has 0 saturated carbocycles. The topological polar surface area (TPSA) is 25.2 Å². The molecule has 1 unspecified atom stereocenters. The van der Waals surface area contributed by atoms with Crippen molar-refractivity contribution in [1.82, 2.24) is 5.32 Å². The summed E-state index contributed by atoms with van der Waals surface area (Å²) in [6.45, 7) is 3.07. The first kappa shape index (κ1) is 14.4. The lowest BCUT2D eigenvalue weighted by Crippen LogP contribution is -2.20. The van der Waals surface area contributed by atoms with Crippen LogP contribution in [0.15, 0.2) is 27.3 Å². The second-order valence-corrected chi connectivity index (χ2v) is 7.30. The van der Waals surface area contributed by atoms with Crippen molar-refractivity contribution in [2.75, 3.05) is 6.54 Å². The highest BCUT2D eigenvalue weighted by Crippen LogP contribution is 2.37. The zero-order valence-electron chi connectivity index (χ0n) is 11.7. The second-order valence-electron chi connectivity index (χ2n) is 5.28. The van der Waals surface area contributed by atoms with Gasteiger partial charge < -0.3 is 9.73 Å². The Morgan fingerprint density at radius 2 is 2.20 bits per heavy atom. The molecule has 1 aliphatic rings. The number of halogens is 1. The summed E-state index contributed by atoms with van der Waals surface area (Å²) in [7, 11) is 0. The first-order chi connectivity index (χ1) is 9.79. The third-order valence-corrected chi connectivity index (χ3v) is 5.82. The molecule has 0 amide bonds. The van der Waals surface area contributed by atoms with Crippen molar-refractivity contribution in [3.05, 3.63) is 43.9 Å². The van der Waals surface area contributed by atoms with E-state index < -0.39 is 0 Å². The summed E-state index contributed by atoms with van der Waals surface area (Å²) in [5.41, 5.74) is 1.56. The fraction of sp³-hybridized carbons (Fsp3) is 0.500. The normalized spacial score (nSPS) is 16.7. The van der Waals surface area contributed by atoms with Gasteiger partial charge in [0.1, 0.15) is 11.8 Å². The molecule has 4 heteroatoms. The Bertz CT molecular complexity index is 551. The summed E-state index contributed by atoms with van der Waals surface area (Å²) >= 11 is 5.55. The van der Waals surface area contributed by atoms with Gasteiger partial charge in [-0.15, -0.1) is 11.3 Å². The van der Waals surface area contributed by atoms with Crippen LogP contribution >= 0.6 is 27.3 Å². The van der Waals surface area contributed by atoms with Crippen molar-refractivity contribution in [1.29, 1.82) is 0 Å². The van der Waals surface area contributed by atoms with Crippen LogP contribution in [0.4, 0.5) is 0 Å². The first-order valence-electron chi connectivity index (χ1n) is 7.37. The van der Waals surface area contributed by atoms with Gasteiger partial charge in [0, 0.05) is 9.75 Å². The van der Waals surface area contributed by atoms with Gasteiger partial charge in [-0.25, -0.2) is 0 Å². The van der Waals surface area contributed by atoms with Gasteiger partial charge >= 0.3 is 0 Å². The molecular formula is C16H20BrNOS. The van der Waals surface area contributed by atoms with Gasteiger partial charge in [-0.05, 0) is 65.9 Å². The minimum Gasteiger partial charge on any atom is -0.466 e. The lowest BCUT2D eigenvalue weighted by molar-refractivity contribution is 0.453. The summed E-state index contributed by atoms with van der Waals surface area (Å²) in [5, 5.41) is 3.55. The van der Waals surface area contributed by atoms with Crippen LogP contribution in [0.3, 0.4) is 0 Å². The average molecular weight is 354 g/mol. The Balaban J connectivity index is 1.94. The number of fused-ring (bicyclic) bond motifs is 1. The molecule has 0 aromatic carbocycles. The van der Waals surface area contributed by atoms with Crippen molar-refractivity contribution in [3.8, 4) is 0 Å². The van der Waals surface area contributed by atoms with Crippen molar-refractivity contribution in [3.63, 3.8) is 0 Å². The van der Waals surface area contributed by atoms with E-state index in [-0.39, 0.29) is 6.04 Å². The maximum absolute atomic E-state index is 5.69. The van der Waals surface area contributed by atoms with Crippen molar-refractivity contribution < 1.29 is 4.42 Å². The number of rotatable bonds is 4. The van der Waals surface area contributed by atoms with Gasteiger partial charge in [-0.2, -0.15) is 0 Å². The molecule has 2 heterocycles. The molecule has 0 radical (unpaired) electrons. The van der Waals surface area contributed by atoms with Gasteiger partial charge in [0.25, 0.3) is 0 Å². The van der Waals surface area contributed by atoms with Crippen molar-refractivity contribution in [2.24, 2.45) is 0 Å². The maximum atomic E-state index is 5.69. The van der Waals surface area contributed by atoms with E-state index in [1.807, 2.05) is 17.4 Å². The molecule has 1 N–H and O–H groups in total. The Hall–Kier alpha value is -0.580. The van der Waals surface area contributed by atoms with E-state index in [1.54, 1.807) is 16.7 Å². The van der Waals surface area contributed by atoms with Crippen LogP contribution in [0.2, 0.25) is 0 Å². The van der Waals surface area contributed by atoms with Crippen molar-refractivity contribution >= 4 is 27.3 Å². The number of nitrogens with one attached hydrogen (secondary N) is 1. The van der Waals surface area contributed by atoms with E-state index in [1.165, 1.54) is 37.0 Å². The third kappa shape index (κ3) is 2.87. The van der Waals surface area contributed by atoms with E-state index in [9.17, 15) is 0 Å². The molecule has 3 rings (SSSR count). The Labute approximate surface area is 132 Å². The fourth-order valence-electron chi connectivity index (χ4n) is 2.87. The summed E-state index contributed by atoms with van der Waals surface area (Å²) < 4.78 is 6.74. The second kappa shape index (κ2) is 6.46. The van der Waals surface area contributed by atoms with Crippen LogP contribution in [0, 0.1) is 0 Å². The molecule has 0 bridgehead atoms. The number of hydrogen-bond acceptors (Lipinski definition) is 3. The molecule has 1 aliphatic carbocycles. The van der Waals surface area contributed by atoms with Gasteiger partial charge in [-0.1, -0.05) is 13.3 Å². The minimum atomic E-state index is 0.168. The molecule has 2 aromatic heterocycles. The highest BCUT2D eigenvalue weighted by molar-refractivity contribution is 9.10. The molecule has 20 heavy (non-hydrogen) atoms. The van der Waals surface area contributed by atoms with Crippen LogP contribution in [0.5, 0.6) is 0 Å². The van der Waals surface area contributed by atoms with E-state index in [4.69, 9.17) is 4.42 Å². The molecule has 0 spiro atoms. The molecule has 0 aliphatic heterocycles. The van der Waals surface area contributed by atoms with E-state index in [0.29, 0.717) is 0 Å². The number of thiophene rings is 1. The van der Waals surface area contributed by atoms with Crippen LogP contribution < -0.4 is 5.32 Å². The summed E-state index contributed by atoms with van der Waals surface area (Å²) in [4.78, 5) is 2.97. The Morgan fingerprint density at radius 3 is 2.95 bits per heavy atom. The van der Waals surface area contributed by atoms with E-state index in [2.05, 4.69) is 34.2 Å². The molecule has 1 atom stereocenters. The molecule has 0 fully saturated rings. The smallest absolute Gasteiger partial charge is 0.140 e. The predicted octanol–water partition coefficient (Wildman–Crippen LogP) is 5.07. The lowest BCUT2D eigenvalue weighted by atomic mass is 10.1. The number of hydrogen-bond donors (Lipinski definition) is 1. The molecule has 108 valence electrons. The zero-order chi connectivity index (χ0) is 13.9. The Kier molecular flexibility index (Phi) is 4.64. The maximum Gasteiger partial charge on any atom is 0.140 e. The summed E-state index contributed by atoms with van der Waals surface area (Å²) in [6.07, 6.45) is 8.28. The Morgan fingerprint density at radius 1 is 1.35 bits per heavy atom. The molecule has 2 aromatic rings. The number of furan rings is 1. The van der Waals surface area contributed by atoms with Gasteiger partial charge in [0.15, 0.2) is 0 Å². The zero-order valence-corrected chi connectivity index (χ0v) is 14.1. The van der Waals surface area contributed by atoms with Gasteiger partial charge in [0.05, 0.1) is 10.7 Å². The molecular weight excluding hydrogens is 334 g/mol. The average Bonchev–Trinajstić information content (AvgIpc) is 2.97.